The van der Waals surface area contributed by atoms with Gasteiger partial charge < -0.3 is 11.1 Å². The van der Waals surface area contributed by atoms with Crippen LogP contribution in [0.5, 0.6) is 0 Å². The lowest BCUT2D eigenvalue weighted by Crippen LogP contribution is -2.31. The summed E-state index contributed by atoms with van der Waals surface area (Å²) in [5.41, 5.74) is 6.29. The van der Waals surface area contributed by atoms with E-state index < -0.39 is 0 Å². The summed E-state index contributed by atoms with van der Waals surface area (Å²) in [6, 6.07) is 0.336. The summed E-state index contributed by atoms with van der Waals surface area (Å²) < 4.78 is 3.50. The van der Waals surface area contributed by atoms with Gasteiger partial charge in [-0.2, -0.15) is 5.10 Å². The fourth-order valence-electron chi connectivity index (χ4n) is 3.48. The van der Waals surface area contributed by atoms with Crippen LogP contribution in [0.15, 0.2) is 12.5 Å². The Labute approximate surface area is 153 Å². The van der Waals surface area contributed by atoms with E-state index in [1.54, 1.807) is 15.6 Å². The molecule has 0 bridgehead atoms. The van der Waals surface area contributed by atoms with Crippen LogP contribution < -0.4 is 11.1 Å². The molecule has 142 valence electrons. The van der Waals surface area contributed by atoms with E-state index in [1.165, 1.54) is 6.33 Å². The summed E-state index contributed by atoms with van der Waals surface area (Å²) in [5, 5.41) is 15.4. The largest absolute Gasteiger partial charge is 0.341 e. The molecular formula is C17H28N8O. The highest BCUT2D eigenvalue weighted by Gasteiger charge is 2.25. The number of carbonyl (C=O) groups is 1. The second-order valence-electron chi connectivity index (χ2n) is 7.55. The van der Waals surface area contributed by atoms with E-state index >= 15 is 0 Å². The lowest BCUT2D eigenvalue weighted by Gasteiger charge is -2.25. The molecule has 1 fully saturated rings. The van der Waals surface area contributed by atoms with Gasteiger partial charge in [-0.25, -0.2) is 9.67 Å². The second-order valence-corrected chi connectivity index (χ2v) is 7.55. The molecule has 1 saturated carbocycles. The minimum absolute atomic E-state index is 0.215. The third kappa shape index (κ3) is 4.27. The molecule has 9 nitrogen and oxygen atoms in total. The topological polar surface area (TPSA) is 117 Å². The van der Waals surface area contributed by atoms with Crippen LogP contribution in [0, 0.1) is 5.92 Å². The van der Waals surface area contributed by atoms with Crippen LogP contribution in [-0.2, 0) is 7.05 Å². The molecule has 3 N–H and O–H groups in total. The Kier molecular flexibility index (Phi) is 5.65. The number of hydrogen-bond acceptors (Lipinski definition) is 6. The highest BCUT2D eigenvalue weighted by Crippen LogP contribution is 2.27. The van der Waals surface area contributed by atoms with Crippen LogP contribution in [0.25, 0.3) is 0 Å². The molecule has 1 aliphatic carbocycles. The van der Waals surface area contributed by atoms with Crippen molar-refractivity contribution in [3.63, 3.8) is 0 Å². The van der Waals surface area contributed by atoms with E-state index in [9.17, 15) is 4.79 Å². The van der Waals surface area contributed by atoms with E-state index in [0.29, 0.717) is 11.6 Å². The maximum absolute atomic E-state index is 12.7. The van der Waals surface area contributed by atoms with Crippen LogP contribution >= 0.6 is 0 Å². The molecule has 2 aromatic heterocycles. The van der Waals surface area contributed by atoms with Gasteiger partial charge in [0.1, 0.15) is 12.2 Å². The average molecular weight is 360 g/mol. The molecule has 0 unspecified atom stereocenters. The van der Waals surface area contributed by atoms with Gasteiger partial charge in [0.05, 0.1) is 18.3 Å². The fourth-order valence-corrected chi connectivity index (χ4v) is 3.48. The van der Waals surface area contributed by atoms with Crippen LogP contribution in [-0.4, -0.2) is 41.7 Å². The molecule has 0 spiro atoms. The highest BCUT2D eigenvalue weighted by molar-refractivity contribution is 5.92. The molecule has 0 saturated heterocycles. The minimum atomic E-state index is -0.239. The van der Waals surface area contributed by atoms with Gasteiger partial charge in [0.15, 0.2) is 5.69 Å². The van der Waals surface area contributed by atoms with Crippen LogP contribution in [0.3, 0.4) is 0 Å². The summed E-state index contributed by atoms with van der Waals surface area (Å²) in [5.74, 6) is 0.900. The predicted octanol–water partition coefficient (Wildman–Crippen LogP) is 1.37. The maximum Gasteiger partial charge on any atom is 0.274 e. The van der Waals surface area contributed by atoms with Crippen molar-refractivity contribution in [3.8, 4) is 0 Å². The standard InChI is InChI=1S/C17H28N8O/c1-11(2)8-14(16-19-10-20-24(16)3)21-17(26)15-9-25(23-22-15)13-6-4-12(18)5-7-13/h9-14H,4-8,18H2,1-3H3,(H,21,26)/t12?,13?,14-/m1/s1. The molecule has 2 heterocycles. The summed E-state index contributed by atoms with van der Waals surface area (Å²) in [6.07, 6.45) is 7.91. The van der Waals surface area contributed by atoms with Crippen molar-refractivity contribution >= 4 is 5.91 Å². The molecule has 1 aliphatic rings. The summed E-state index contributed by atoms with van der Waals surface area (Å²) in [4.78, 5) is 17.0. The van der Waals surface area contributed by atoms with E-state index in [-0.39, 0.29) is 24.0 Å². The number of nitrogens with one attached hydrogen (secondary N) is 1. The molecule has 0 aromatic carbocycles. The monoisotopic (exact) mass is 360 g/mol. The zero-order valence-electron chi connectivity index (χ0n) is 15.7. The summed E-state index contributed by atoms with van der Waals surface area (Å²) in [7, 11) is 1.83. The SMILES string of the molecule is CC(C)C[C@@H](NC(=O)c1cn(C2CCC(N)CC2)nn1)c1ncnn1C. The molecule has 1 atom stereocenters. The number of carbonyl (C=O) groups excluding carboxylic acids is 1. The van der Waals surface area contributed by atoms with Crippen LogP contribution in [0.2, 0.25) is 0 Å². The number of aryl methyl sites for hydroxylation is 1. The Morgan fingerprint density at radius 2 is 2.08 bits per heavy atom. The third-order valence-electron chi connectivity index (χ3n) is 4.93. The molecule has 3 rings (SSSR count). The Morgan fingerprint density at radius 3 is 2.69 bits per heavy atom. The van der Waals surface area contributed by atoms with Crippen molar-refractivity contribution in [1.29, 1.82) is 0 Å². The summed E-state index contributed by atoms with van der Waals surface area (Å²) in [6.45, 7) is 4.22. The summed E-state index contributed by atoms with van der Waals surface area (Å²) >= 11 is 0. The molecule has 0 radical (unpaired) electrons. The molecule has 2 aromatic rings. The van der Waals surface area contributed by atoms with Crippen molar-refractivity contribution < 1.29 is 4.79 Å². The molecule has 1 amide bonds. The molecule has 9 heteroatoms. The van der Waals surface area contributed by atoms with E-state index in [1.807, 2.05) is 7.05 Å². The number of rotatable bonds is 6. The number of nitrogens with zero attached hydrogens (tertiary/aromatic N) is 6. The predicted molar refractivity (Wildman–Crippen MR) is 96.2 cm³/mol. The van der Waals surface area contributed by atoms with Gasteiger partial charge >= 0.3 is 0 Å². The van der Waals surface area contributed by atoms with Crippen molar-refractivity contribution in [2.24, 2.45) is 18.7 Å². The van der Waals surface area contributed by atoms with E-state index in [4.69, 9.17) is 5.73 Å². The minimum Gasteiger partial charge on any atom is -0.341 e. The molecule has 26 heavy (non-hydrogen) atoms. The molecule has 0 aliphatic heterocycles. The zero-order valence-corrected chi connectivity index (χ0v) is 15.7. The Bertz CT molecular complexity index is 729. The highest BCUT2D eigenvalue weighted by atomic mass is 16.2. The average Bonchev–Trinajstić information content (AvgIpc) is 3.23. The van der Waals surface area contributed by atoms with Gasteiger partial charge in [-0.3, -0.25) is 9.48 Å². The third-order valence-corrected chi connectivity index (χ3v) is 4.93. The quantitative estimate of drug-likeness (QED) is 0.803. The van der Waals surface area contributed by atoms with Crippen LogP contribution in [0.1, 0.15) is 74.3 Å². The Morgan fingerprint density at radius 1 is 1.35 bits per heavy atom. The van der Waals surface area contributed by atoms with Gasteiger partial charge in [0.25, 0.3) is 5.91 Å². The van der Waals surface area contributed by atoms with Crippen molar-refractivity contribution in [2.45, 2.75) is 64.1 Å². The maximum atomic E-state index is 12.7. The van der Waals surface area contributed by atoms with Crippen LogP contribution in [0.4, 0.5) is 0 Å². The number of amides is 1. The first-order chi connectivity index (χ1) is 12.4. The number of nitrogens with two attached hydrogens (primary N) is 1. The second kappa shape index (κ2) is 7.94. The van der Waals surface area contributed by atoms with Crippen molar-refractivity contribution in [3.05, 3.63) is 24.0 Å². The van der Waals surface area contributed by atoms with Gasteiger partial charge in [-0.1, -0.05) is 19.1 Å². The lowest BCUT2D eigenvalue weighted by atomic mass is 9.92. The van der Waals surface area contributed by atoms with Gasteiger partial charge in [0.2, 0.25) is 0 Å². The zero-order chi connectivity index (χ0) is 18.7. The number of aromatic nitrogens is 6. The Balaban J connectivity index is 1.69. The molecular weight excluding hydrogens is 332 g/mol. The van der Waals surface area contributed by atoms with Gasteiger partial charge in [-0.15, -0.1) is 5.10 Å². The fraction of sp³-hybridized carbons (Fsp3) is 0.706. The normalized spacial score (nSPS) is 21.7. The number of hydrogen-bond donors (Lipinski definition) is 2. The first-order valence-corrected chi connectivity index (χ1v) is 9.26. The lowest BCUT2D eigenvalue weighted by molar-refractivity contribution is 0.0924. The smallest absolute Gasteiger partial charge is 0.274 e. The van der Waals surface area contributed by atoms with E-state index in [2.05, 4.69) is 39.6 Å². The van der Waals surface area contributed by atoms with Crippen molar-refractivity contribution in [1.82, 2.24) is 35.1 Å². The van der Waals surface area contributed by atoms with Crippen molar-refractivity contribution in [2.75, 3.05) is 0 Å². The first-order valence-electron chi connectivity index (χ1n) is 9.26. The van der Waals surface area contributed by atoms with Gasteiger partial charge in [0, 0.05) is 13.1 Å². The Hall–Kier alpha value is -2.29. The first kappa shape index (κ1) is 18.5. The van der Waals surface area contributed by atoms with E-state index in [0.717, 1.165) is 37.9 Å². The van der Waals surface area contributed by atoms with Gasteiger partial charge in [-0.05, 0) is 38.0 Å².